The van der Waals surface area contributed by atoms with E-state index in [0.717, 1.165) is 18.6 Å². The van der Waals surface area contributed by atoms with E-state index >= 15 is 0 Å². The summed E-state index contributed by atoms with van der Waals surface area (Å²) >= 11 is 0. The van der Waals surface area contributed by atoms with Crippen LogP contribution in [-0.4, -0.2) is 14.2 Å². The van der Waals surface area contributed by atoms with Crippen LogP contribution in [0.15, 0.2) is 24.3 Å². The second-order valence-corrected chi connectivity index (χ2v) is 3.43. The Labute approximate surface area is 78.5 Å². The molecule has 2 rings (SSSR count). The van der Waals surface area contributed by atoms with Crippen molar-refractivity contribution in [3.05, 3.63) is 29.8 Å². The number of hydrogen-bond donors (Lipinski definition) is 0. The molecule has 0 saturated heterocycles. The van der Waals surface area contributed by atoms with E-state index in [1.165, 1.54) is 5.56 Å². The lowest BCUT2D eigenvalue weighted by Gasteiger charge is -2.14. The highest BCUT2D eigenvalue weighted by molar-refractivity contribution is 5.35. The van der Waals surface area contributed by atoms with Gasteiger partial charge in [0.05, 0.1) is 12.7 Å². The average Bonchev–Trinajstić information content (AvgIpc) is 2.99. The first-order valence-corrected chi connectivity index (χ1v) is 4.50. The van der Waals surface area contributed by atoms with E-state index in [1.54, 1.807) is 14.2 Å². The summed E-state index contributed by atoms with van der Waals surface area (Å²) in [6.07, 6.45) is 2.24. The van der Waals surface area contributed by atoms with E-state index in [4.69, 9.17) is 9.47 Å². The van der Waals surface area contributed by atoms with Crippen LogP contribution in [0.5, 0.6) is 5.75 Å². The third kappa shape index (κ3) is 1.42. The van der Waals surface area contributed by atoms with Gasteiger partial charge in [-0.3, -0.25) is 0 Å². The van der Waals surface area contributed by atoms with Gasteiger partial charge in [0.1, 0.15) is 5.75 Å². The molecule has 0 amide bonds. The van der Waals surface area contributed by atoms with Crippen LogP contribution in [-0.2, 0) is 10.3 Å². The van der Waals surface area contributed by atoms with Gasteiger partial charge in [-0.1, -0.05) is 12.1 Å². The number of rotatable bonds is 3. The van der Waals surface area contributed by atoms with Gasteiger partial charge in [0.25, 0.3) is 0 Å². The van der Waals surface area contributed by atoms with Crippen molar-refractivity contribution in [2.45, 2.75) is 18.4 Å². The maximum absolute atomic E-state index is 5.48. The van der Waals surface area contributed by atoms with Crippen molar-refractivity contribution >= 4 is 0 Å². The molecule has 13 heavy (non-hydrogen) atoms. The zero-order chi connectivity index (χ0) is 9.31. The second-order valence-electron chi connectivity index (χ2n) is 3.43. The zero-order valence-electron chi connectivity index (χ0n) is 8.04. The Morgan fingerprint density at radius 1 is 1.23 bits per heavy atom. The maximum atomic E-state index is 5.48. The molecule has 0 unspecified atom stereocenters. The molecule has 0 atom stereocenters. The Morgan fingerprint density at radius 3 is 2.54 bits per heavy atom. The summed E-state index contributed by atoms with van der Waals surface area (Å²) in [5, 5.41) is 0. The molecule has 1 aromatic rings. The Balaban J connectivity index is 2.30. The molecule has 2 heteroatoms. The van der Waals surface area contributed by atoms with Crippen molar-refractivity contribution in [2.75, 3.05) is 14.2 Å². The molecule has 0 aliphatic heterocycles. The summed E-state index contributed by atoms with van der Waals surface area (Å²) in [5.74, 6) is 0.904. The third-order valence-electron chi connectivity index (χ3n) is 2.69. The fraction of sp³-hybridized carbons (Fsp3) is 0.455. The van der Waals surface area contributed by atoms with Crippen LogP contribution in [0.4, 0.5) is 0 Å². The fourth-order valence-electron chi connectivity index (χ4n) is 1.63. The van der Waals surface area contributed by atoms with Gasteiger partial charge in [-0.25, -0.2) is 0 Å². The first-order valence-electron chi connectivity index (χ1n) is 4.50. The van der Waals surface area contributed by atoms with Crippen molar-refractivity contribution < 1.29 is 9.47 Å². The van der Waals surface area contributed by atoms with Gasteiger partial charge < -0.3 is 9.47 Å². The summed E-state index contributed by atoms with van der Waals surface area (Å²) in [4.78, 5) is 0. The van der Waals surface area contributed by atoms with Crippen LogP contribution in [0.3, 0.4) is 0 Å². The zero-order valence-corrected chi connectivity index (χ0v) is 8.04. The lowest BCUT2D eigenvalue weighted by molar-refractivity contribution is 0.0787. The normalized spacial score (nSPS) is 18.3. The average molecular weight is 178 g/mol. The van der Waals surface area contributed by atoms with Gasteiger partial charge in [-0.15, -0.1) is 0 Å². The van der Waals surface area contributed by atoms with Crippen molar-refractivity contribution in [2.24, 2.45) is 0 Å². The highest BCUT2D eigenvalue weighted by Crippen LogP contribution is 2.49. The van der Waals surface area contributed by atoms with Crippen molar-refractivity contribution in [3.8, 4) is 5.75 Å². The van der Waals surface area contributed by atoms with E-state index in [2.05, 4.69) is 12.1 Å². The van der Waals surface area contributed by atoms with Crippen LogP contribution >= 0.6 is 0 Å². The Kier molecular flexibility index (Phi) is 2.00. The van der Waals surface area contributed by atoms with Gasteiger partial charge in [-0.05, 0) is 30.5 Å². The van der Waals surface area contributed by atoms with Gasteiger partial charge >= 0.3 is 0 Å². The van der Waals surface area contributed by atoms with Gasteiger partial charge in [0.15, 0.2) is 0 Å². The maximum Gasteiger partial charge on any atom is 0.119 e. The minimum Gasteiger partial charge on any atom is -0.497 e. The van der Waals surface area contributed by atoms with Gasteiger partial charge in [0.2, 0.25) is 0 Å². The summed E-state index contributed by atoms with van der Waals surface area (Å²) in [7, 11) is 3.46. The minimum absolute atomic E-state index is 0.00542. The van der Waals surface area contributed by atoms with E-state index in [1.807, 2.05) is 12.1 Å². The highest BCUT2D eigenvalue weighted by atomic mass is 16.5. The predicted octanol–water partition coefficient (Wildman–Crippen LogP) is 2.33. The van der Waals surface area contributed by atoms with Crippen LogP contribution in [0.2, 0.25) is 0 Å². The largest absolute Gasteiger partial charge is 0.497 e. The minimum atomic E-state index is -0.00542. The Hall–Kier alpha value is -1.02. The number of benzene rings is 1. The van der Waals surface area contributed by atoms with Crippen LogP contribution in [0, 0.1) is 0 Å². The van der Waals surface area contributed by atoms with E-state index in [-0.39, 0.29) is 5.60 Å². The van der Waals surface area contributed by atoms with Crippen molar-refractivity contribution in [1.29, 1.82) is 0 Å². The summed E-state index contributed by atoms with van der Waals surface area (Å²) in [6.45, 7) is 0. The van der Waals surface area contributed by atoms with Crippen LogP contribution < -0.4 is 4.74 Å². The lowest BCUT2D eigenvalue weighted by Crippen LogP contribution is -2.08. The van der Waals surface area contributed by atoms with Crippen LogP contribution in [0.1, 0.15) is 18.4 Å². The molecular formula is C11H14O2. The predicted molar refractivity (Wildman–Crippen MR) is 50.9 cm³/mol. The standard InChI is InChI=1S/C11H14O2/c1-12-10-5-3-4-9(8-10)11(13-2)6-7-11/h3-5,8H,6-7H2,1-2H3. The second kappa shape index (κ2) is 3.04. The van der Waals surface area contributed by atoms with E-state index in [9.17, 15) is 0 Å². The molecule has 0 aromatic heterocycles. The summed E-state index contributed by atoms with van der Waals surface area (Å²) in [5.41, 5.74) is 1.23. The quantitative estimate of drug-likeness (QED) is 0.707. The highest BCUT2D eigenvalue weighted by Gasteiger charge is 2.44. The topological polar surface area (TPSA) is 18.5 Å². The van der Waals surface area contributed by atoms with Crippen molar-refractivity contribution in [3.63, 3.8) is 0 Å². The fourth-order valence-corrected chi connectivity index (χ4v) is 1.63. The molecule has 2 nitrogen and oxygen atoms in total. The molecule has 0 heterocycles. The number of hydrogen-bond acceptors (Lipinski definition) is 2. The monoisotopic (exact) mass is 178 g/mol. The van der Waals surface area contributed by atoms with Crippen molar-refractivity contribution in [1.82, 2.24) is 0 Å². The van der Waals surface area contributed by atoms with Gasteiger partial charge in [-0.2, -0.15) is 0 Å². The molecule has 0 N–H and O–H groups in total. The molecule has 1 aliphatic carbocycles. The molecule has 1 aliphatic rings. The molecule has 1 aromatic carbocycles. The van der Waals surface area contributed by atoms with Crippen LogP contribution in [0.25, 0.3) is 0 Å². The first kappa shape index (κ1) is 8.57. The number of ether oxygens (including phenoxy) is 2. The summed E-state index contributed by atoms with van der Waals surface area (Å²) < 4.78 is 10.6. The van der Waals surface area contributed by atoms with Gasteiger partial charge in [0, 0.05) is 7.11 Å². The van der Waals surface area contributed by atoms with E-state index in [0.29, 0.717) is 0 Å². The molecular weight excluding hydrogens is 164 g/mol. The third-order valence-corrected chi connectivity index (χ3v) is 2.69. The smallest absolute Gasteiger partial charge is 0.119 e. The Morgan fingerprint density at radius 2 is 2.00 bits per heavy atom. The molecule has 1 fully saturated rings. The molecule has 0 radical (unpaired) electrons. The van der Waals surface area contributed by atoms with E-state index < -0.39 is 0 Å². The number of methoxy groups -OCH3 is 2. The molecule has 1 saturated carbocycles. The molecule has 70 valence electrons. The molecule has 0 bridgehead atoms. The summed E-state index contributed by atoms with van der Waals surface area (Å²) in [6, 6.07) is 8.11. The lowest BCUT2D eigenvalue weighted by atomic mass is 10.1. The Bertz CT molecular complexity index is 303. The molecule has 0 spiro atoms. The first-order chi connectivity index (χ1) is 6.30. The SMILES string of the molecule is COc1cccc(C2(OC)CC2)c1.